The summed E-state index contributed by atoms with van der Waals surface area (Å²) in [5.74, 6) is -0.119. The second kappa shape index (κ2) is 5.91. The highest BCUT2D eigenvalue weighted by Gasteiger charge is 2.22. The van der Waals surface area contributed by atoms with Crippen molar-refractivity contribution < 1.29 is 4.79 Å². The van der Waals surface area contributed by atoms with E-state index in [1.807, 2.05) is 0 Å². The zero-order chi connectivity index (χ0) is 13.0. The molecule has 2 rings (SSSR count). The predicted octanol–water partition coefficient (Wildman–Crippen LogP) is 1.08. The molecule has 0 unspecified atom stereocenters. The van der Waals surface area contributed by atoms with Crippen molar-refractivity contribution in [1.82, 2.24) is 20.2 Å². The molecule has 1 N–H and O–H groups in total. The number of hydrogen-bond acceptors (Lipinski definition) is 4. The summed E-state index contributed by atoms with van der Waals surface area (Å²) < 4.78 is 0. The van der Waals surface area contributed by atoms with Gasteiger partial charge in [-0.2, -0.15) is 0 Å². The third-order valence-electron chi connectivity index (χ3n) is 3.39. The lowest BCUT2D eigenvalue weighted by Gasteiger charge is -2.34. The van der Waals surface area contributed by atoms with Crippen LogP contribution >= 0.6 is 0 Å². The molecule has 18 heavy (non-hydrogen) atoms. The Morgan fingerprint density at radius 1 is 1.39 bits per heavy atom. The van der Waals surface area contributed by atoms with Crippen molar-refractivity contribution in [2.45, 2.75) is 38.8 Å². The maximum Gasteiger partial charge on any atom is 0.271 e. The van der Waals surface area contributed by atoms with Gasteiger partial charge in [0.1, 0.15) is 5.69 Å². The smallest absolute Gasteiger partial charge is 0.271 e. The number of nitrogens with one attached hydrogen (secondary N) is 1. The number of aromatic nitrogens is 2. The predicted molar refractivity (Wildman–Crippen MR) is 69.2 cm³/mol. The first-order valence-corrected chi connectivity index (χ1v) is 6.47. The third kappa shape index (κ3) is 3.26. The molecule has 1 aliphatic heterocycles. The molecule has 0 saturated carbocycles. The molecule has 1 fully saturated rings. The lowest BCUT2D eigenvalue weighted by Crippen LogP contribution is -2.46. The molecule has 0 bridgehead atoms. The van der Waals surface area contributed by atoms with E-state index in [9.17, 15) is 4.79 Å². The highest BCUT2D eigenvalue weighted by Crippen LogP contribution is 2.13. The van der Waals surface area contributed by atoms with E-state index in [1.54, 1.807) is 6.20 Å². The van der Waals surface area contributed by atoms with E-state index >= 15 is 0 Å². The number of nitrogens with zero attached hydrogens (tertiary/aromatic N) is 3. The maximum atomic E-state index is 11.9. The molecule has 0 atom stereocenters. The van der Waals surface area contributed by atoms with Crippen LogP contribution in [0.4, 0.5) is 0 Å². The number of likely N-dealkylation sites (tertiary alicyclic amines) is 1. The fourth-order valence-electron chi connectivity index (χ4n) is 2.24. The lowest BCUT2D eigenvalue weighted by atomic mass is 10.0. The third-order valence-corrected chi connectivity index (χ3v) is 3.39. The largest absolute Gasteiger partial charge is 0.348 e. The van der Waals surface area contributed by atoms with E-state index in [1.165, 1.54) is 12.4 Å². The molecule has 1 amide bonds. The van der Waals surface area contributed by atoms with Crippen LogP contribution in [0.5, 0.6) is 0 Å². The molecule has 1 aromatic heterocycles. The van der Waals surface area contributed by atoms with Crippen LogP contribution in [-0.2, 0) is 0 Å². The normalized spacial score (nSPS) is 17.9. The van der Waals surface area contributed by atoms with Gasteiger partial charge < -0.3 is 10.2 Å². The minimum atomic E-state index is -0.119. The molecule has 1 aliphatic rings. The summed E-state index contributed by atoms with van der Waals surface area (Å²) in [7, 11) is 0. The van der Waals surface area contributed by atoms with Gasteiger partial charge in [0.15, 0.2) is 0 Å². The zero-order valence-corrected chi connectivity index (χ0v) is 11.0. The van der Waals surface area contributed by atoms with Crippen molar-refractivity contribution in [2.24, 2.45) is 0 Å². The van der Waals surface area contributed by atoms with Gasteiger partial charge in [-0.3, -0.25) is 9.78 Å². The van der Waals surface area contributed by atoms with Gasteiger partial charge >= 0.3 is 0 Å². The second-order valence-corrected chi connectivity index (χ2v) is 4.97. The Morgan fingerprint density at radius 3 is 2.67 bits per heavy atom. The fraction of sp³-hybridized carbons (Fsp3) is 0.615. The van der Waals surface area contributed by atoms with Gasteiger partial charge in [-0.05, 0) is 26.7 Å². The van der Waals surface area contributed by atoms with Crippen LogP contribution in [0.3, 0.4) is 0 Å². The number of rotatable bonds is 3. The summed E-state index contributed by atoms with van der Waals surface area (Å²) >= 11 is 0. The monoisotopic (exact) mass is 248 g/mol. The summed E-state index contributed by atoms with van der Waals surface area (Å²) in [6.45, 7) is 6.50. The van der Waals surface area contributed by atoms with Crippen LogP contribution in [0.25, 0.3) is 0 Å². The quantitative estimate of drug-likeness (QED) is 0.869. The lowest BCUT2D eigenvalue weighted by molar-refractivity contribution is 0.0895. The summed E-state index contributed by atoms with van der Waals surface area (Å²) in [6.07, 6.45) is 6.61. The van der Waals surface area contributed by atoms with Crippen LogP contribution in [0.15, 0.2) is 18.6 Å². The van der Waals surface area contributed by atoms with Crippen molar-refractivity contribution in [1.29, 1.82) is 0 Å². The molecule has 1 aromatic rings. The number of carbonyl (C=O) groups is 1. The average molecular weight is 248 g/mol. The molecular formula is C13H20N4O. The fourth-order valence-corrected chi connectivity index (χ4v) is 2.24. The molecule has 5 heteroatoms. The van der Waals surface area contributed by atoms with Gasteiger partial charge in [0.25, 0.3) is 5.91 Å². The highest BCUT2D eigenvalue weighted by atomic mass is 16.1. The molecule has 5 nitrogen and oxygen atoms in total. The molecule has 0 spiro atoms. The first-order valence-electron chi connectivity index (χ1n) is 6.47. The molecule has 2 heterocycles. The molecule has 98 valence electrons. The second-order valence-electron chi connectivity index (χ2n) is 4.97. The van der Waals surface area contributed by atoms with Gasteiger partial charge in [-0.25, -0.2) is 4.98 Å². The first kappa shape index (κ1) is 13.0. The summed E-state index contributed by atoms with van der Waals surface area (Å²) in [5, 5.41) is 3.03. The van der Waals surface area contributed by atoms with Crippen LogP contribution in [-0.4, -0.2) is 45.9 Å². The van der Waals surface area contributed by atoms with E-state index in [4.69, 9.17) is 0 Å². The Kier molecular flexibility index (Phi) is 4.25. The van der Waals surface area contributed by atoms with Crippen molar-refractivity contribution in [3.05, 3.63) is 24.3 Å². The Morgan fingerprint density at radius 2 is 2.11 bits per heavy atom. The van der Waals surface area contributed by atoms with E-state index < -0.39 is 0 Å². The summed E-state index contributed by atoms with van der Waals surface area (Å²) in [5.41, 5.74) is 0.392. The molecule has 0 radical (unpaired) electrons. The van der Waals surface area contributed by atoms with E-state index in [-0.39, 0.29) is 11.9 Å². The number of hydrogen-bond donors (Lipinski definition) is 1. The summed E-state index contributed by atoms with van der Waals surface area (Å²) in [6, 6.07) is 0.844. The van der Waals surface area contributed by atoms with Crippen LogP contribution in [0, 0.1) is 0 Å². The minimum absolute atomic E-state index is 0.119. The topological polar surface area (TPSA) is 58.1 Å². The van der Waals surface area contributed by atoms with Crippen LogP contribution < -0.4 is 5.32 Å². The van der Waals surface area contributed by atoms with Crippen molar-refractivity contribution in [3.8, 4) is 0 Å². The number of piperidine rings is 1. The molecular weight excluding hydrogens is 228 g/mol. The van der Waals surface area contributed by atoms with Crippen molar-refractivity contribution >= 4 is 5.91 Å². The molecule has 0 aromatic carbocycles. The van der Waals surface area contributed by atoms with Gasteiger partial charge in [-0.1, -0.05) is 0 Å². The van der Waals surface area contributed by atoms with Gasteiger partial charge in [0.05, 0.1) is 6.20 Å². The van der Waals surface area contributed by atoms with Gasteiger partial charge in [0, 0.05) is 37.6 Å². The average Bonchev–Trinajstić information content (AvgIpc) is 2.40. The molecule has 0 aliphatic carbocycles. The SMILES string of the molecule is CC(C)N1CCC(NC(=O)c2cnccn2)CC1. The Bertz CT molecular complexity index is 385. The van der Waals surface area contributed by atoms with Gasteiger partial charge in [-0.15, -0.1) is 0 Å². The zero-order valence-electron chi connectivity index (χ0n) is 11.0. The van der Waals surface area contributed by atoms with Gasteiger partial charge in [0.2, 0.25) is 0 Å². The Hall–Kier alpha value is -1.49. The highest BCUT2D eigenvalue weighted by molar-refractivity contribution is 5.92. The van der Waals surface area contributed by atoms with Crippen LogP contribution in [0.1, 0.15) is 37.2 Å². The van der Waals surface area contributed by atoms with Crippen molar-refractivity contribution in [3.63, 3.8) is 0 Å². The summed E-state index contributed by atoms with van der Waals surface area (Å²) in [4.78, 5) is 22.2. The maximum absolute atomic E-state index is 11.9. The van der Waals surface area contributed by atoms with Crippen molar-refractivity contribution in [2.75, 3.05) is 13.1 Å². The first-order chi connectivity index (χ1) is 8.66. The van der Waals surface area contributed by atoms with E-state index in [0.717, 1.165) is 25.9 Å². The molecule has 1 saturated heterocycles. The van der Waals surface area contributed by atoms with E-state index in [2.05, 4.69) is 34.0 Å². The Labute approximate surface area is 108 Å². The Balaban J connectivity index is 1.83. The minimum Gasteiger partial charge on any atom is -0.348 e. The number of amides is 1. The standard InChI is InChI=1S/C13H20N4O/c1-10(2)17-7-3-11(4-8-17)16-13(18)12-9-14-5-6-15-12/h5-6,9-11H,3-4,7-8H2,1-2H3,(H,16,18). The number of carbonyl (C=O) groups excluding carboxylic acids is 1. The van der Waals surface area contributed by atoms with Crippen LogP contribution in [0.2, 0.25) is 0 Å². The van der Waals surface area contributed by atoms with E-state index in [0.29, 0.717) is 11.7 Å².